The van der Waals surface area contributed by atoms with E-state index in [0.29, 0.717) is 12.5 Å². The highest BCUT2D eigenvalue weighted by atomic mass is 16.5. The van der Waals surface area contributed by atoms with Crippen LogP contribution in [-0.2, 0) is 13.0 Å². The van der Waals surface area contributed by atoms with E-state index in [0.717, 1.165) is 30.8 Å². The first-order chi connectivity index (χ1) is 9.88. The second-order valence-corrected chi connectivity index (χ2v) is 5.33. The van der Waals surface area contributed by atoms with Crippen LogP contribution in [0.15, 0.2) is 30.3 Å². The third kappa shape index (κ3) is 2.70. The fourth-order valence-corrected chi connectivity index (χ4v) is 3.04. The van der Waals surface area contributed by atoms with Gasteiger partial charge in [0.15, 0.2) is 0 Å². The fourth-order valence-electron chi connectivity index (χ4n) is 3.04. The van der Waals surface area contributed by atoms with Crippen LogP contribution in [0.25, 0.3) is 0 Å². The predicted octanol–water partition coefficient (Wildman–Crippen LogP) is 2.76. The van der Waals surface area contributed by atoms with Crippen molar-refractivity contribution in [3.8, 4) is 5.75 Å². The van der Waals surface area contributed by atoms with E-state index in [-0.39, 0.29) is 0 Å². The Morgan fingerprint density at radius 1 is 1.30 bits per heavy atom. The van der Waals surface area contributed by atoms with Gasteiger partial charge in [-0.05, 0) is 50.3 Å². The molecule has 0 bridgehead atoms. The molecule has 0 amide bonds. The minimum Gasteiger partial charge on any atom is -0.487 e. The van der Waals surface area contributed by atoms with Crippen LogP contribution in [0.5, 0.6) is 5.75 Å². The molecule has 1 aliphatic carbocycles. The van der Waals surface area contributed by atoms with E-state index in [4.69, 9.17) is 10.5 Å². The molecule has 2 aromatic rings. The fraction of sp³-hybridized carbons (Fsp3) is 0.438. The molecule has 106 valence electrons. The average molecular weight is 271 g/mol. The molecule has 3 rings (SSSR count). The molecule has 1 heterocycles. The average Bonchev–Trinajstić information content (AvgIpc) is 2.91. The van der Waals surface area contributed by atoms with Crippen molar-refractivity contribution in [1.29, 1.82) is 0 Å². The van der Waals surface area contributed by atoms with E-state index in [1.807, 2.05) is 30.3 Å². The molecular weight excluding hydrogens is 250 g/mol. The summed E-state index contributed by atoms with van der Waals surface area (Å²) in [6, 6.07) is 9.88. The molecule has 1 atom stereocenters. The number of aromatic amines is 1. The van der Waals surface area contributed by atoms with Gasteiger partial charge >= 0.3 is 0 Å². The minimum absolute atomic E-state index is 0.525. The summed E-state index contributed by atoms with van der Waals surface area (Å²) in [5.41, 5.74) is 9.42. The Hall–Kier alpha value is -1.81. The van der Waals surface area contributed by atoms with Gasteiger partial charge in [0, 0.05) is 11.3 Å². The molecule has 0 spiro atoms. The lowest BCUT2D eigenvalue weighted by atomic mass is 9.83. The van der Waals surface area contributed by atoms with Crippen LogP contribution in [0, 0.1) is 0 Å². The van der Waals surface area contributed by atoms with Crippen molar-refractivity contribution in [3.05, 3.63) is 47.3 Å². The highest BCUT2D eigenvalue weighted by Crippen LogP contribution is 2.35. The molecule has 3 N–H and O–H groups in total. The number of benzene rings is 1. The molecule has 1 unspecified atom stereocenters. The Bertz CT molecular complexity index is 550. The molecule has 1 aromatic carbocycles. The Morgan fingerprint density at radius 2 is 2.15 bits per heavy atom. The van der Waals surface area contributed by atoms with Crippen LogP contribution >= 0.6 is 0 Å². The number of H-pyrrole nitrogens is 1. The van der Waals surface area contributed by atoms with E-state index in [2.05, 4.69) is 10.2 Å². The lowest BCUT2D eigenvalue weighted by Gasteiger charge is -2.22. The Balaban J connectivity index is 1.76. The molecule has 1 aromatic heterocycles. The molecule has 0 aliphatic heterocycles. The summed E-state index contributed by atoms with van der Waals surface area (Å²) >= 11 is 0. The van der Waals surface area contributed by atoms with Crippen LogP contribution in [-0.4, -0.2) is 16.7 Å². The number of nitrogens with one attached hydrogen (secondary N) is 1. The second-order valence-electron chi connectivity index (χ2n) is 5.33. The van der Waals surface area contributed by atoms with E-state index in [9.17, 15) is 0 Å². The molecule has 0 saturated carbocycles. The summed E-state index contributed by atoms with van der Waals surface area (Å²) in [4.78, 5) is 0. The molecule has 0 radical (unpaired) electrons. The van der Waals surface area contributed by atoms with Crippen LogP contribution in [0.1, 0.15) is 42.1 Å². The zero-order chi connectivity index (χ0) is 13.8. The molecule has 20 heavy (non-hydrogen) atoms. The van der Waals surface area contributed by atoms with Gasteiger partial charge in [-0.2, -0.15) is 5.10 Å². The van der Waals surface area contributed by atoms with E-state index in [1.165, 1.54) is 24.1 Å². The predicted molar refractivity (Wildman–Crippen MR) is 78.7 cm³/mol. The monoisotopic (exact) mass is 271 g/mol. The maximum atomic E-state index is 5.83. The Kier molecular flexibility index (Phi) is 4.02. The van der Waals surface area contributed by atoms with Crippen LogP contribution in [0.2, 0.25) is 0 Å². The zero-order valence-electron chi connectivity index (χ0n) is 11.6. The lowest BCUT2D eigenvalue weighted by molar-refractivity contribution is 0.298. The summed E-state index contributed by atoms with van der Waals surface area (Å²) < 4.78 is 5.83. The number of ether oxygens (including phenoxy) is 1. The standard InChI is InChI=1S/C16H21N3O/c17-10-9-12-5-4-8-14-16(12)15(19-18-14)11-20-13-6-2-1-3-7-13/h1-3,6-7,12H,4-5,8-11,17H2,(H,18,19). The molecule has 1 aliphatic rings. The number of nitrogens with zero attached hydrogens (tertiary/aromatic N) is 1. The second kappa shape index (κ2) is 6.09. The number of para-hydroxylation sites is 1. The van der Waals surface area contributed by atoms with Gasteiger partial charge in [-0.1, -0.05) is 18.2 Å². The minimum atomic E-state index is 0.525. The normalized spacial score (nSPS) is 17.8. The molecule has 0 fully saturated rings. The summed E-state index contributed by atoms with van der Waals surface area (Å²) in [5.74, 6) is 1.42. The summed E-state index contributed by atoms with van der Waals surface area (Å²) in [6.07, 6.45) is 4.56. The first-order valence-electron chi connectivity index (χ1n) is 7.32. The summed E-state index contributed by atoms with van der Waals surface area (Å²) in [5, 5.41) is 7.63. The van der Waals surface area contributed by atoms with Gasteiger partial charge in [0.05, 0.1) is 0 Å². The maximum absolute atomic E-state index is 5.83. The van der Waals surface area contributed by atoms with Crippen LogP contribution in [0.3, 0.4) is 0 Å². The number of hydrogen-bond donors (Lipinski definition) is 2. The first-order valence-corrected chi connectivity index (χ1v) is 7.32. The van der Waals surface area contributed by atoms with Crippen molar-refractivity contribution in [3.63, 3.8) is 0 Å². The quantitative estimate of drug-likeness (QED) is 0.879. The van der Waals surface area contributed by atoms with Crippen molar-refractivity contribution >= 4 is 0 Å². The van der Waals surface area contributed by atoms with E-state index < -0.39 is 0 Å². The van der Waals surface area contributed by atoms with Crippen molar-refractivity contribution in [1.82, 2.24) is 10.2 Å². The number of fused-ring (bicyclic) bond motifs is 1. The highest BCUT2D eigenvalue weighted by molar-refractivity contribution is 5.32. The zero-order valence-corrected chi connectivity index (χ0v) is 11.6. The van der Waals surface area contributed by atoms with Gasteiger partial charge in [0.1, 0.15) is 18.1 Å². The van der Waals surface area contributed by atoms with Gasteiger partial charge < -0.3 is 10.5 Å². The van der Waals surface area contributed by atoms with E-state index >= 15 is 0 Å². The van der Waals surface area contributed by atoms with Crippen molar-refractivity contribution in [2.45, 2.75) is 38.2 Å². The molecule has 4 nitrogen and oxygen atoms in total. The van der Waals surface area contributed by atoms with Gasteiger partial charge in [0.2, 0.25) is 0 Å². The Morgan fingerprint density at radius 3 is 2.95 bits per heavy atom. The lowest BCUT2D eigenvalue weighted by Crippen LogP contribution is -2.15. The molecule has 4 heteroatoms. The molecular formula is C16H21N3O. The third-order valence-electron chi connectivity index (χ3n) is 3.98. The van der Waals surface area contributed by atoms with Crippen molar-refractivity contribution in [2.24, 2.45) is 5.73 Å². The maximum Gasteiger partial charge on any atom is 0.132 e. The largest absolute Gasteiger partial charge is 0.487 e. The SMILES string of the molecule is NCCC1CCCc2[nH]nc(COc3ccccc3)c21. The van der Waals surface area contributed by atoms with Gasteiger partial charge in [-0.3, -0.25) is 5.10 Å². The summed E-state index contributed by atoms with van der Waals surface area (Å²) in [7, 11) is 0. The topological polar surface area (TPSA) is 63.9 Å². The third-order valence-corrected chi connectivity index (χ3v) is 3.98. The van der Waals surface area contributed by atoms with Crippen LogP contribution in [0.4, 0.5) is 0 Å². The number of nitrogens with two attached hydrogens (primary N) is 1. The van der Waals surface area contributed by atoms with E-state index in [1.54, 1.807) is 0 Å². The Labute approximate surface area is 119 Å². The van der Waals surface area contributed by atoms with Crippen molar-refractivity contribution < 1.29 is 4.74 Å². The highest BCUT2D eigenvalue weighted by Gasteiger charge is 2.25. The van der Waals surface area contributed by atoms with Gasteiger partial charge in [0.25, 0.3) is 0 Å². The number of aromatic nitrogens is 2. The van der Waals surface area contributed by atoms with Crippen LogP contribution < -0.4 is 10.5 Å². The number of rotatable bonds is 5. The van der Waals surface area contributed by atoms with Crippen molar-refractivity contribution in [2.75, 3.05) is 6.54 Å². The number of aryl methyl sites for hydroxylation is 1. The smallest absolute Gasteiger partial charge is 0.132 e. The molecule has 0 saturated heterocycles. The first kappa shape index (κ1) is 13.2. The van der Waals surface area contributed by atoms with Gasteiger partial charge in [-0.25, -0.2) is 0 Å². The number of hydrogen-bond acceptors (Lipinski definition) is 3. The summed E-state index contributed by atoms with van der Waals surface area (Å²) in [6.45, 7) is 1.26. The van der Waals surface area contributed by atoms with Gasteiger partial charge in [-0.15, -0.1) is 0 Å².